The molecule has 1 N–H and O–H groups in total. The van der Waals surface area contributed by atoms with Crippen LogP contribution in [0.1, 0.15) is 37.8 Å². The summed E-state index contributed by atoms with van der Waals surface area (Å²) in [5, 5.41) is 4.54. The molecule has 0 bridgehead atoms. The topological polar surface area (TPSA) is 12.0 Å². The second-order valence-electron chi connectivity index (χ2n) is 4.16. The van der Waals surface area contributed by atoms with Crippen molar-refractivity contribution in [3.05, 3.63) is 28.8 Å². The van der Waals surface area contributed by atoms with Gasteiger partial charge < -0.3 is 5.32 Å². The van der Waals surface area contributed by atoms with Gasteiger partial charge in [-0.05, 0) is 36.8 Å². The Balaban J connectivity index is 2.10. The predicted molar refractivity (Wildman–Crippen MR) is 72.4 cm³/mol. The molecule has 88 valence electrons. The predicted octanol–water partition coefficient (Wildman–Crippen LogP) is 4.27. The molecular formula is C13H18ClNS. The summed E-state index contributed by atoms with van der Waals surface area (Å²) in [6.07, 6.45) is 3.71. The van der Waals surface area contributed by atoms with E-state index in [9.17, 15) is 0 Å². The molecule has 0 aliphatic carbocycles. The minimum Gasteiger partial charge on any atom is -0.310 e. The van der Waals surface area contributed by atoms with Gasteiger partial charge in [-0.15, -0.1) is 11.8 Å². The Kier molecular flexibility index (Phi) is 4.56. The molecule has 1 aromatic rings. The first kappa shape index (κ1) is 12.3. The number of thioether (sulfide) groups is 1. The Morgan fingerprint density at radius 3 is 3.19 bits per heavy atom. The van der Waals surface area contributed by atoms with Crippen LogP contribution in [0, 0.1) is 0 Å². The van der Waals surface area contributed by atoms with Crippen molar-refractivity contribution < 1.29 is 0 Å². The van der Waals surface area contributed by atoms with Gasteiger partial charge in [-0.2, -0.15) is 0 Å². The van der Waals surface area contributed by atoms with Crippen molar-refractivity contribution in [2.24, 2.45) is 0 Å². The van der Waals surface area contributed by atoms with E-state index in [4.69, 9.17) is 11.6 Å². The standard InChI is InChI=1S/C13H18ClNS/c1-2-3-8-15-12-7-9-16-13-10(12)5-4-6-11(13)14/h4-6,12,15H,2-3,7-9H2,1H3. The average Bonchev–Trinajstić information content (AvgIpc) is 2.31. The van der Waals surface area contributed by atoms with Gasteiger partial charge in [0.2, 0.25) is 0 Å². The van der Waals surface area contributed by atoms with Crippen LogP contribution in [0.2, 0.25) is 5.02 Å². The SMILES string of the molecule is CCCCNC1CCSc2c(Cl)cccc21. The molecule has 0 amide bonds. The molecule has 0 radical (unpaired) electrons. The van der Waals surface area contributed by atoms with E-state index in [1.165, 1.54) is 35.5 Å². The molecule has 0 aromatic heterocycles. The van der Waals surface area contributed by atoms with E-state index in [0.29, 0.717) is 6.04 Å². The molecule has 0 spiro atoms. The van der Waals surface area contributed by atoms with Crippen molar-refractivity contribution >= 4 is 23.4 Å². The van der Waals surface area contributed by atoms with Crippen molar-refractivity contribution in [2.45, 2.75) is 37.1 Å². The number of rotatable bonds is 4. The largest absolute Gasteiger partial charge is 0.310 e. The molecule has 3 heteroatoms. The fourth-order valence-corrected chi connectivity index (χ4v) is 3.54. The summed E-state index contributed by atoms with van der Waals surface area (Å²) in [5.41, 5.74) is 1.39. The van der Waals surface area contributed by atoms with Crippen molar-refractivity contribution in [1.82, 2.24) is 5.32 Å². The highest BCUT2D eigenvalue weighted by molar-refractivity contribution is 7.99. The Morgan fingerprint density at radius 1 is 1.50 bits per heavy atom. The number of unbranched alkanes of at least 4 members (excludes halogenated alkanes) is 1. The Labute approximate surface area is 107 Å². The number of fused-ring (bicyclic) bond motifs is 1. The maximum Gasteiger partial charge on any atom is 0.0545 e. The number of hydrogen-bond donors (Lipinski definition) is 1. The van der Waals surface area contributed by atoms with Crippen LogP contribution in [0.4, 0.5) is 0 Å². The number of halogens is 1. The van der Waals surface area contributed by atoms with Crippen molar-refractivity contribution in [1.29, 1.82) is 0 Å². The number of benzene rings is 1. The molecule has 1 heterocycles. The van der Waals surface area contributed by atoms with Crippen LogP contribution in [-0.2, 0) is 0 Å². The lowest BCUT2D eigenvalue weighted by Gasteiger charge is -2.26. The summed E-state index contributed by atoms with van der Waals surface area (Å²) in [4.78, 5) is 1.28. The lowest BCUT2D eigenvalue weighted by Crippen LogP contribution is -2.25. The quantitative estimate of drug-likeness (QED) is 0.807. The fraction of sp³-hybridized carbons (Fsp3) is 0.538. The number of hydrogen-bond acceptors (Lipinski definition) is 2. The summed E-state index contributed by atoms with van der Waals surface area (Å²) >= 11 is 8.11. The maximum atomic E-state index is 6.22. The first-order chi connectivity index (χ1) is 7.83. The molecule has 1 atom stereocenters. The van der Waals surface area contributed by atoms with Gasteiger partial charge in [0.1, 0.15) is 0 Å². The molecule has 0 fully saturated rings. The first-order valence-corrected chi connectivity index (χ1v) is 7.34. The number of nitrogens with one attached hydrogen (secondary N) is 1. The molecule has 0 saturated heterocycles. The van der Waals surface area contributed by atoms with Crippen LogP contribution in [0.25, 0.3) is 0 Å². The van der Waals surface area contributed by atoms with E-state index < -0.39 is 0 Å². The molecule has 1 aromatic carbocycles. The van der Waals surface area contributed by atoms with Crippen LogP contribution < -0.4 is 5.32 Å². The third-order valence-corrected chi connectivity index (χ3v) is 4.56. The second kappa shape index (κ2) is 5.95. The van der Waals surface area contributed by atoms with Gasteiger partial charge in [0.05, 0.1) is 5.02 Å². The van der Waals surface area contributed by atoms with Gasteiger partial charge in [0.25, 0.3) is 0 Å². The van der Waals surface area contributed by atoms with Crippen LogP contribution in [0.3, 0.4) is 0 Å². The summed E-state index contributed by atoms with van der Waals surface area (Å²) < 4.78 is 0. The Morgan fingerprint density at radius 2 is 2.38 bits per heavy atom. The molecule has 1 unspecified atom stereocenters. The van der Waals surface area contributed by atoms with Crippen LogP contribution in [-0.4, -0.2) is 12.3 Å². The minimum absolute atomic E-state index is 0.501. The molecule has 0 saturated carbocycles. The van der Waals surface area contributed by atoms with Crippen LogP contribution >= 0.6 is 23.4 Å². The van der Waals surface area contributed by atoms with Gasteiger partial charge in [0, 0.05) is 10.9 Å². The monoisotopic (exact) mass is 255 g/mol. The Hall–Kier alpha value is -0.180. The van der Waals surface area contributed by atoms with Gasteiger partial charge in [-0.25, -0.2) is 0 Å². The molecule has 1 aliphatic heterocycles. The molecule has 2 rings (SSSR count). The smallest absolute Gasteiger partial charge is 0.0545 e. The maximum absolute atomic E-state index is 6.22. The van der Waals surface area contributed by atoms with E-state index in [2.05, 4.69) is 24.4 Å². The zero-order valence-corrected chi connectivity index (χ0v) is 11.2. The molecule has 1 aliphatic rings. The van der Waals surface area contributed by atoms with E-state index in [1.807, 2.05) is 17.8 Å². The first-order valence-electron chi connectivity index (χ1n) is 5.97. The Bertz CT molecular complexity index is 354. The van der Waals surface area contributed by atoms with Crippen molar-refractivity contribution in [2.75, 3.05) is 12.3 Å². The van der Waals surface area contributed by atoms with Gasteiger partial charge >= 0.3 is 0 Å². The third kappa shape index (κ3) is 2.73. The zero-order valence-electron chi connectivity index (χ0n) is 9.63. The van der Waals surface area contributed by atoms with Gasteiger partial charge in [-0.3, -0.25) is 0 Å². The zero-order chi connectivity index (χ0) is 11.4. The van der Waals surface area contributed by atoms with Crippen molar-refractivity contribution in [3.63, 3.8) is 0 Å². The van der Waals surface area contributed by atoms with Crippen LogP contribution in [0.15, 0.2) is 23.1 Å². The molecule has 16 heavy (non-hydrogen) atoms. The van der Waals surface area contributed by atoms with E-state index in [-0.39, 0.29) is 0 Å². The van der Waals surface area contributed by atoms with E-state index in [1.54, 1.807) is 0 Å². The highest BCUT2D eigenvalue weighted by atomic mass is 35.5. The summed E-state index contributed by atoms with van der Waals surface area (Å²) in [6, 6.07) is 6.75. The highest BCUT2D eigenvalue weighted by Crippen LogP contribution is 2.40. The van der Waals surface area contributed by atoms with Gasteiger partial charge in [0.15, 0.2) is 0 Å². The van der Waals surface area contributed by atoms with E-state index in [0.717, 1.165) is 11.6 Å². The minimum atomic E-state index is 0.501. The van der Waals surface area contributed by atoms with E-state index >= 15 is 0 Å². The average molecular weight is 256 g/mol. The lowest BCUT2D eigenvalue weighted by molar-refractivity contribution is 0.500. The summed E-state index contributed by atoms with van der Waals surface area (Å²) in [7, 11) is 0. The third-order valence-electron chi connectivity index (χ3n) is 2.95. The summed E-state index contributed by atoms with van der Waals surface area (Å²) in [6.45, 7) is 3.33. The van der Waals surface area contributed by atoms with Crippen molar-refractivity contribution in [3.8, 4) is 0 Å². The highest BCUT2D eigenvalue weighted by Gasteiger charge is 2.21. The fourth-order valence-electron chi connectivity index (χ4n) is 2.05. The molecular weight excluding hydrogens is 238 g/mol. The van der Waals surface area contributed by atoms with Crippen LogP contribution in [0.5, 0.6) is 0 Å². The lowest BCUT2D eigenvalue weighted by atomic mass is 10.0. The molecule has 1 nitrogen and oxygen atoms in total. The normalized spacial score (nSPS) is 19.5. The van der Waals surface area contributed by atoms with Gasteiger partial charge in [-0.1, -0.05) is 37.1 Å². The second-order valence-corrected chi connectivity index (χ2v) is 5.67. The summed E-state index contributed by atoms with van der Waals surface area (Å²) in [5.74, 6) is 1.17.